The van der Waals surface area contributed by atoms with Crippen LogP contribution in [-0.4, -0.2) is 79.6 Å². The molecule has 1 saturated heterocycles. The lowest BCUT2D eigenvalue weighted by atomic mass is 10.1. The monoisotopic (exact) mass is 484 g/mol. The van der Waals surface area contributed by atoms with Crippen LogP contribution in [0.15, 0.2) is 42.5 Å². The molecule has 1 N–H and O–H groups in total. The SMILES string of the molecule is COc1ccccc1CN1CCOC(C(=O)N(Cc2ccc3c(c2)OC[C@@H](O)CO3)CC(C)C)C1. The number of hydrogen-bond acceptors (Lipinski definition) is 7. The van der Waals surface area contributed by atoms with E-state index in [2.05, 4.69) is 24.8 Å². The predicted octanol–water partition coefficient (Wildman–Crippen LogP) is 2.71. The molecule has 4 rings (SSSR count). The van der Waals surface area contributed by atoms with E-state index in [0.717, 1.165) is 23.4 Å². The number of methoxy groups -OCH3 is 1. The molecular formula is C27H36N2O6. The Hall–Kier alpha value is -2.81. The third-order valence-electron chi connectivity index (χ3n) is 6.15. The van der Waals surface area contributed by atoms with Crippen molar-refractivity contribution in [2.24, 2.45) is 5.92 Å². The van der Waals surface area contributed by atoms with Crippen LogP contribution < -0.4 is 14.2 Å². The van der Waals surface area contributed by atoms with Crippen molar-refractivity contribution >= 4 is 5.91 Å². The maximum absolute atomic E-state index is 13.6. The van der Waals surface area contributed by atoms with E-state index in [0.29, 0.717) is 50.2 Å². The molecule has 2 heterocycles. The number of benzene rings is 2. The standard InChI is InChI=1S/C27H36N2O6/c1-19(2)13-29(14-20-8-9-24-25(12-20)35-18-22(30)17-34-24)27(31)26-16-28(10-11-33-26)15-21-6-4-5-7-23(21)32-3/h4-9,12,19,22,26,30H,10-11,13-18H2,1-3H3/t22-,26?/m0/s1. The van der Waals surface area contributed by atoms with E-state index >= 15 is 0 Å². The number of aliphatic hydroxyl groups excluding tert-OH is 1. The fourth-order valence-corrected chi connectivity index (χ4v) is 4.47. The maximum atomic E-state index is 13.6. The minimum Gasteiger partial charge on any atom is -0.496 e. The quantitative estimate of drug-likeness (QED) is 0.617. The Bertz CT molecular complexity index is 997. The van der Waals surface area contributed by atoms with Crippen molar-refractivity contribution in [1.82, 2.24) is 9.80 Å². The molecule has 2 aliphatic rings. The number of fused-ring (bicyclic) bond motifs is 1. The molecule has 8 nitrogen and oxygen atoms in total. The number of ether oxygens (including phenoxy) is 4. The summed E-state index contributed by atoms with van der Waals surface area (Å²) in [5.74, 6) is 2.35. The summed E-state index contributed by atoms with van der Waals surface area (Å²) in [6.07, 6.45) is -1.18. The molecule has 1 unspecified atom stereocenters. The molecule has 0 saturated carbocycles. The number of para-hydroxylation sites is 1. The second-order valence-electron chi connectivity index (χ2n) is 9.58. The van der Waals surface area contributed by atoms with Gasteiger partial charge in [0.15, 0.2) is 11.5 Å². The highest BCUT2D eigenvalue weighted by atomic mass is 16.5. The fourth-order valence-electron chi connectivity index (χ4n) is 4.47. The largest absolute Gasteiger partial charge is 0.496 e. The molecule has 0 bridgehead atoms. The van der Waals surface area contributed by atoms with Crippen LogP contribution in [-0.2, 0) is 22.6 Å². The lowest BCUT2D eigenvalue weighted by molar-refractivity contribution is -0.151. The van der Waals surface area contributed by atoms with Crippen LogP contribution in [0.2, 0.25) is 0 Å². The third kappa shape index (κ3) is 6.66. The topological polar surface area (TPSA) is 80.7 Å². The second-order valence-corrected chi connectivity index (χ2v) is 9.58. The first-order valence-corrected chi connectivity index (χ1v) is 12.2. The predicted molar refractivity (Wildman–Crippen MR) is 132 cm³/mol. The van der Waals surface area contributed by atoms with Gasteiger partial charge in [0.25, 0.3) is 5.91 Å². The van der Waals surface area contributed by atoms with Gasteiger partial charge in [-0.2, -0.15) is 0 Å². The second kappa shape index (κ2) is 11.7. The molecule has 0 aromatic heterocycles. The van der Waals surface area contributed by atoms with Gasteiger partial charge in [0.2, 0.25) is 0 Å². The highest BCUT2D eigenvalue weighted by Crippen LogP contribution is 2.31. The normalized spacial score (nSPS) is 20.4. The molecule has 8 heteroatoms. The van der Waals surface area contributed by atoms with Crippen molar-refractivity contribution in [2.75, 3.05) is 46.6 Å². The Morgan fingerprint density at radius 2 is 1.94 bits per heavy atom. The van der Waals surface area contributed by atoms with Crippen molar-refractivity contribution in [3.8, 4) is 17.2 Å². The first kappa shape index (κ1) is 25.3. The summed E-state index contributed by atoms with van der Waals surface area (Å²) in [4.78, 5) is 17.7. The summed E-state index contributed by atoms with van der Waals surface area (Å²) in [6.45, 7) is 8.17. The van der Waals surface area contributed by atoms with Gasteiger partial charge < -0.3 is 29.0 Å². The van der Waals surface area contributed by atoms with Crippen molar-refractivity contribution in [2.45, 2.75) is 39.1 Å². The molecule has 0 radical (unpaired) electrons. The van der Waals surface area contributed by atoms with Crippen molar-refractivity contribution < 1.29 is 28.8 Å². The van der Waals surface area contributed by atoms with Crippen LogP contribution in [0.3, 0.4) is 0 Å². The van der Waals surface area contributed by atoms with Gasteiger partial charge in [-0.3, -0.25) is 9.69 Å². The molecule has 1 amide bonds. The van der Waals surface area contributed by atoms with Gasteiger partial charge in [0, 0.05) is 38.3 Å². The van der Waals surface area contributed by atoms with Gasteiger partial charge >= 0.3 is 0 Å². The number of aliphatic hydroxyl groups is 1. The van der Waals surface area contributed by atoms with Gasteiger partial charge in [-0.1, -0.05) is 38.1 Å². The van der Waals surface area contributed by atoms with E-state index in [1.807, 2.05) is 41.3 Å². The van der Waals surface area contributed by atoms with Crippen molar-refractivity contribution in [3.05, 3.63) is 53.6 Å². The molecule has 0 spiro atoms. The first-order valence-electron chi connectivity index (χ1n) is 12.2. The fraction of sp³-hybridized carbons (Fsp3) is 0.519. The lowest BCUT2D eigenvalue weighted by Crippen LogP contribution is -2.51. The summed E-state index contributed by atoms with van der Waals surface area (Å²) in [5, 5.41) is 9.81. The number of hydrogen-bond donors (Lipinski definition) is 1. The van der Waals surface area contributed by atoms with Crippen molar-refractivity contribution in [3.63, 3.8) is 0 Å². The van der Waals surface area contributed by atoms with Crippen LogP contribution in [0.1, 0.15) is 25.0 Å². The zero-order valence-electron chi connectivity index (χ0n) is 20.8. The molecule has 2 aromatic rings. The maximum Gasteiger partial charge on any atom is 0.253 e. The van der Waals surface area contributed by atoms with E-state index in [-0.39, 0.29) is 19.1 Å². The zero-order valence-corrected chi connectivity index (χ0v) is 20.8. The van der Waals surface area contributed by atoms with Crippen LogP contribution in [0, 0.1) is 5.92 Å². The smallest absolute Gasteiger partial charge is 0.253 e. The van der Waals surface area contributed by atoms with Gasteiger partial charge in [0.1, 0.15) is 31.2 Å². The third-order valence-corrected chi connectivity index (χ3v) is 6.15. The van der Waals surface area contributed by atoms with E-state index in [9.17, 15) is 9.90 Å². The minimum absolute atomic E-state index is 0.00837. The summed E-state index contributed by atoms with van der Waals surface area (Å²) < 4.78 is 22.8. The highest BCUT2D eigenvalue weighted by molar-refractivity contribution is 5.81. The summed E-state index contributed by atoms with van der Waals surface area (Å²) in [7, 11) is 1.68. The highest BCUT2D eigenvalue weighted by Gasteiger charge is 2.31. The Morgan fingerprint density at radius 3 is 2.71 bits per heavy atom. The van der Waals surface area contributed by atoms with Gasteiger partial charge in [-0.25, -0.2) is 0 Å². The molecule has 190 valence electrons. The van der Waals surface area contributed by atoms with Crippen LogP contribution in [0.4, 0.5) is 0 Å². The number of carbonyl (C=O) groups is 1. The van der Waals surface area contributed by atoms with E-state index < -0.39 is 12.2 Å². The van der Waals surface area contributed by atoms with Gasteiger partial charge in [0.05, 0.1) is 13.7 Å². The average Bonchev–Trinajstić information content (AvgIpc) is 3.04. The molecule has 2 aromatic carbocycles. The number of carbonyl (C=O) groups excluding carboxylic acids is 1. The molecular weight excluding hydrogens is 448 g/mol. The molecule has 35 heavy (non-hydrogen) atoms. The van der Waals surface area contributed by atoms with Gasteiger partial charge in [-0.05, 0) is 29.7 Å². The summed E-state index contributed by atoms with van der Waals surface area (Å²) in [5.41, 5.74) is 2.04. The van der Waals surface area contributed by atoms with E-state index in [1.165, 1.54) is 0 Å². The average molecular weight is 485 g/mol. The van der Waals surface area contributed by atoms with E-state index in [1.54, 1.807) is 7.11 Å². The van der Waals surface area contributed by atoms with E-state index in [4.69, 9.17) is 18.9 Å². The van der Waals surface area contributed by atoms with Crippen molar-refractivity contribution in [1.29, 1.82) is 0 Å². The van der Waals surface area contributed by atoms with Crippen LogP contribution in [0.25, 0.3) is 0 Å². The minimum atomic E-state index is -0.660. The lowest BCUT2D eigenvalue weighted by Gasteiger charge is -2.35. The Labute approximate surface area is 207 Å². The first-order chi connectivity index (χ1) is 16.9. The summed E-state index contributed by atoms with van der Waals surface area (Å²) >= 11 is 0. The van der Waals surface area contributed by atoms with Gasteiger partial charge in [-0.15, -0.1) is 0 Å². The molecule has 2 atom stereocenters. The molecule has 0 aliphatic carbocycles. The Kier molecular flexibility index (Phi) is 8.49. The number of rotatable bonds is 8. The zero-order chi connectivity index (χ0) is 24.8. The molecule has 1 fully saturated rings. The number of amides is 1. The van der Waals surface area contributed by atoms with Crippen LogP contribution >= 0.6 is 0 Å². The summed E-state index contributed by atoms with van der Waals surface area (Å²) in [6, 6.07) is 13.6. The molecule has 2 aliphatic heterocycles. The number of nitrogens with zero attached hydrogens (tertiary/aromatic N) is 2. The Balaban J connectivity index is 1.45. The Morgan fingerprint density at radius 1 is 1.17 bits per heavy atom. The van der Waals surface area contributed by atoms with Crippen LogP contribution in [0.5, 0.6) is 17.2 Å². The number of morpholine rings is 1.